The van der Waals surface area contributed by atoms with Crippen molar-refractivity contribution >= 4 is 5.69 Å². The van der Waals surface area contributed by atoms with Crippen LogP contribution < -0.4 is 10.1 Å². The first kappa shape index (κ1) is 17.8. The second kappa shape index (κ2) is 9.64. The molecule has 0 amide bonds. The third kappa shape index (κ3) is 7.93. The average Bonchev–Trinajstić information content (AvgIpc) is 2.45. The van der Waals surface area contributed by atoms with E-state index in [2.05, 4.69) is 33.0 Å². The Morgan fingerprint density at radius 3 is 2.62 bits per heavy atom. The predicted molar refractivity (Wildman–Crippen MR) is 87.0 cm³/mol. The molecule has 0 heterocycles. The van der Waals surface area contributed by atoms with Gasteiger partial charge in [0, 0.05) is 24.9 Å². The summed E-state index contributed by atoms with van der Waals surface area (Å²) in [5.41, 5.74) is 0.943. The molecular weight excluding hydrogens is 266 g/mol. The zero-order chi connectivity index (χ0) is 15.7. The van der Waals surface area contributed by atoms with E-state index in [0.717, 1.165) is 17.9 Å². The van der Waals surface area contributed by atoms with Gasteiger partial charge in [0.15, 0.2) is 0 Å². The zero-order valence-electron chi connectivity index (χ0n) is 13.6. The highest BCUT2D eigenvalue weighted by Gasteiger charge is 2.06. The lowest BCUT2D eigenvalue weighted by atomic mass is 10.2. The fourth-order valence-corrected chi connectivity index (χ4v) is 1.73. The molecule has 0 bridgehead atoms. The number of ether oxygens (including phenoxy) is 2. The normalized spacial score (nSPS) is 14.0. The van der Waals surface area contributed by atoms with Crippen molar-refractivity contribution in [2.75, 3.05) is 25.1 Å². The second-order valence-electron chi connectivity index (χ2n) is 5.83. The first-order chi connectivity index (χ1) is 10.0. The minimum Gasteiger partial charge on any atom is -0.491 e. The summed E-state index contributed by atoms with van der Waals surface area (Å²) in [6, 6.07) is 7.81. The molecule has 1 rings (SSSR count). The van der Waals surface area contributed by atoms with Gasteiger partial charge in [0.25, 0.3) is 0 Å². The van der Waals surface area contributed by atoms with Crippen molar-refractivity contribution in [1.29, 1.82) is 0 Å². The molecular formula is C17H29NO3. The van der Waals surface area contributed by atoms with Crippen molar-refractivity contribution < 1.29 is 14.6 Å². The number of aliphatic hydroxyl groups is 1. The molecule has 2 unspecified atom stereocenters. The van der Waals surface area contributed by atoms with Crippen LogP contribution >= 0.6 is 0 Å². The third-order valence-corrected chi connectivity index (χ3v) is 3.05. The maximum absolute atomic E-state index is 9.86. The Bertz CT molecular complexity index is 395. The van der Waals surface area contributed by atoms with E-state index in [1.54, 1.807) is 0 Å². The fraction of sp³-hybridized carbons (Fsp3) is 0.647. The Hall–Kier alpha value is -1.26. The molecule has 0 aromatic heterocycles. The quantitative estimate of drug-likeness (QED) is 0.695. The maximum atomic E-state index is 9.86. The van der Waals surface area contributed by atoms with Crippen LogP contribution in [0.3, 0.4) is 0 Å². The first-order valence-corrected chi connectivity index (χ1v) is 7.77. The van der Waals surface area contributed by atoms with E-state index in [0.29, 0.717) is 25.7 Å². The molecule has 0 saturated heterocycles. The second-order valence-corrected chi connectivity index (χ2v) is 5.83. The summed E-state index contributed by atoms with van der Waals surface area (Å²) in [5.74, 6) is 1.33. The molecule has 1 aromatic carbocycles. The average molecular weight is 295 g/mol. The van der Waals surface area contributed by atoms with Crippen LogP contribution in [0.25, 0.3) is 0 Å². The molecule has 0 radical (unpaired) electrons. The van der Waals surface area contributed by atoms with Crippen molar-refractivity contribution in [3.8, 4) is 5.75 Å². The number of aliphatic hydroxyl groups excluding tert-OH is 1. The summed E-state index contributed by atoms with van der Waals surface area (Å²) in [7, 11) is 0. The van der Waals surface area contributed by atoms with Gasteiger partial charge < -0.3 is 19.9 Å². The summed E-state index contributed by atoms with van der Waals surface area (Å²) < 4.78 is 11.2. The number of hydrogen-bond acceptors (Lipinski definition) is 4. The predicted octanol–water partition coefficient (Wildman–Crippen LogP) is 3.31. The number of nitrogens with one attached hydrogen (secondary N) is 1. The molecule has 0 spiro atoms. The molecule has 1 aromatic rings. The van der Waals surface area contributed by atoms with Gasteiger partial charge in [-0.2, -0.15) is 0 Å². The highest BCUT2D eigenvalue weighted by Crippen LogP contribution is 2.19. The van der Waals surface area contributed by atoms with Gasteiger partial charge in [0.05, 0.1) is 18.8 Å². The van der Waals surface area contributed by atoms with Crippen molar-refractivity contribution in [3.63, 3.8) is 0 Å². The topological polar surface area (TPSA) is 50.7 Å². The maximum Gasteiger partial charge on any atom is 0.121 e. The van der Waals surface area contributed by atoms with Crippen LogP contribution in [0.15, 0.2) is 24.3 Å². The molecule has 2 atom stereocenters. The first-order valence-electron chi connectivity index (χ1n) is 7.77. The van der Waals surface area contributed by atoms with Crippen molar-refractivity contribution in [2.24, 2.45) is 5.92 Å². The lowest BCUT2D eigenvalue weighted by Gasteiger charge is -2.16. The van der Waals surface area contributed by atoms with Gasteiger partial charge in [-0.05, 0) is 31.4 Å². The van der Waals surface area contributed by atoms with E-state index in [-0.39, 0.29) is 6.10 Å². The smallest absolute Gasteiger partial charge is 0.121 e. The molecule has 4 heteroatoms. The number of benzene rings is 1. The van der Waals surface area contributed by atoms with Gasteiger partial charge in [-0.25, -0.2) is 0 Å². The Morgan fingerprint density at radius 1 is 1.19 bits per heavy atom. The van der Waals surface area contributed by atoms with Crippen LogP contribution in [0.2, 0.25) is 0 Å². The van der Waals surface area contributed by atoms with Gasteiger partial charge in [-0.15, -0.1) is 0 Å². The molecule has 0 aliphatic rings. The van der Waals surface area contributed by atoms with E-state index >= 15 is 0 Å². The Balaban J connectivity index is 2.35. The lowest BCUT2D eigenvalue weighted by Crippen LogP contribution is -2.25. The SMILES string of the molecule is CCC(C)Oc1cccc(NCC(O)COCC(C)C)c1. The van der Waals surface area contributed by atoms with E-state index in [4.69, 9.17) is 9.47 Å². The molecule has 4 nitrogen and oxygen atoms in total. The number of rotatable bonds is 10. The molecule has 120 valence electrons. The Morgan fingerprint density at radius 2 is 1.95 bits per heavy atom. The van der Waals surface area contributed by atoms with Gasteiger partial charge in [0.1, 0.15) is 5.75 Å². The van der Waals surface area contributed by atoms with Crippen LogP contribution in [-0.2, 0) is 4.74 Å². The molecule has 0 aliphatic heterocycles. The van der Waals surface area contributed by atoms with Gasteiger partial charge in [-0.3, -0.25) is 0 Å². The van der Waals surface area contributed by atoms with Gasteiger partial charge in [0.2, 0.25) is 0 Å². The molecule has 0 aliphatic carbocycles. The Kier molecular flexibility index (Phi) is 8.16. The standard InChI is InChI=1S/C17H29NO3/c1-5-14(4)21-17-8-6-7-15(9-17)18-10-16(19)12-20-11-13(2)3/h6-9,13-14,16,18-19H,5,10-12H2,1-4H3. The number of anilines is 1. The van der Waals surface area contributed by atoms with Crippen LogP contribution in [0.4, 0.5) is 5.69 Å². The van der Waals surface area contributed by atoms with Crippen LogP contribution in [0, 0.1) is 5.92 Å². The van der Waals surface area contributed by atoms with E-state index in [9.17, 15) is 5.11 Å². The van der Waals surface area contributed by atoms with Gasteiger partial charge >= 0.3 is 0 Å². The zero-order valence-corrected chi connectivity index (χ0v) is 13.6. The molecule has 0 fully saturated rings. The van der Waals surface area contributed by atoms with E-state index in [1.165, 1.54) is 0 Å². The monoisotopic (exact) mass is 295 g/mol. The molecule has 0 saturated carbocycles. The summed E-state index contributed by atoms with van der Waals surface area (Å²) in [6.07, 6.45) is 0.668. The van der Waals surface area contributed by atoms with Crippen LogP contribution in [0.5, 0.6) is 5.75 Å². The number of hydrogen-bond donors (Lipinski definition) is 2. The lowest BCUT2D eigenvalue weighted by molar-refractivity contribution is 0.0318. The minimum absolute atomic E-state index is 0.204. The van der Waals surface area contributed by atoms with Gasteiger partial charge in [-0.1, -0.05) is 26.8 Å². The van der Waals surface area contributed by atoms with Crippen molar-refractivity contribution in [1.82, 2.24) is 0 Å². The van der Waals surface area contributed by atoms with Crippen LogP contribution in [-0.4, -0.2) is 37.1 Å². The van der Waals surface area contributed by atoms with Crippen molar-refractivity contribution in [3.05, 3.63) is 24.3 Å². The van der Waals surface area contributed by atoms with E-state index in [1.807, 2.05) is 24.3 Å². The van der Waals surface area contributed by atoms with Crippen LogP contribution in [0.1, 0.15) is 34.1 Å². The highest BCUT2D eigenvalue weighted by atomic mass is 16.5. The van der Waals surface area contributed by atoms with Crippen molar-refractivity contribution in [2.45, 2.75) is 46.3 Å². The summed E-state index contributed by atoms with van der Waals surface area (Å²) >= 11 is 0. The highest BCUT2D eigenvalue weighted by molar-refractivity contribution is 5.48. The summed E-state index contributed by atoms with van der Waals surface area (Å²) in [6.45, 7) is 9.82. The third-order valence-electron chi connectivity index (χ3n) is 3.05. The summed E-state index contributed by atoms with van der Waals surface area (Å²) in [5, 5.41) is 13.1. The Labute approximate surface area is 128 Å². The largest absolute Gasteiger partial charge is 0.491 e. The van der Waals surface area contributed by atoms with E-state index < -0.39 is 6.10 Å². The summed E-state index contributed by atoms with van der Waals surface area (Å²) in [4.78, 5) is 0. The molecule has 2 N–H and O–H groups in total. The minimum atomic E-state index is -0.511. The fourth-order valence-electron chi connectivity index (χ4n) is 1.73. The molecule has 21 heavy (non-hydrogen) atoms.